The van der Waals surface area contributed by atoms with Crippen LogP contribution >= 0.6 is 15.9 Å². The van der Waals surface area contributed by atoms with E-state index in [0.29, 0.717) is 0 Å². The number of benzene rings is 2. The summed E-state index contributed by atoms with van der Waals surface area (Å²) in [5.41, 5.74) is 9.69. The van der Waals surface area contributed by atoms with Crippen LogP contribution in [0, 0.1) is 6.92 Å². The molecule has 20 heavy (non-hydrogen) atoms. The Hall–Kier alpha value is -1.32. The fourth-order valence-corrected chi connectivity index (χ4v) is 2.87. The van der Waals surface area contributed by atoms with Crippen molar-refractivity contribution in [2.24, 2.45) is 5.73 Å². The Morgan fingerprint density at radius 3 is 2.35 bits per heavy atom. The molecule has 0 saturated heterocycles. The van der Waals surface area contributed by atoms with Crippen LogP contribution in [0.4, 0.5) is 0 Å². The standard InChI is InChI=1S/C17H20BrNO/c1-12-4-7-14(8-5-12)17(2,19)11-13-6-9-16(20-3)15(18)10-13/h4-10H,11,19H2,1-3H3. The molecular formula is C17H20BrNO. The van der Waals surface area contributed by atoms with Crippen LogP contribution in [0.15, 0.2) is 46.9 Å². The quantitative estimate of drug-likeness (QED) is 0.910. The van der Waals surface area contributed by atoms with Crippen molar-refractivity contribution in [1.29, 1.82) is 0 Å². The largest absolute Gasteiger partial charge is 0.496 e. The summed E-state index contributed by atoms with van der Waals surface area (Å²) >= 11 is 3.51. The molecule has 0 aromatic heterocycles. The third-order valence-electron chi connectivity index (χ3n) is 3.50. The lowest BCUT2D eigenvalue weighted by Crippen LogP contribution is -2.35. The summed E-state index contributed by atoms with van der Waals surface area (Å²) in [6.45, 7) is 4.15. The van der Waals surface area contributed by atoms with Gasteiger partial charge in [-0.15, -0.1) is 0 Å². The third-order valence-corrected chi connectivity index (χ3v) is 4.12. The van der Waals surface area contributed by atoms with Crippen LogP contribution in [0.3, 0.4) is 0 Å². The normalized spacial score (nSPS) is 13.8. The molecule has 0 aliphatic rings. The molecule has 0 radical (unpaired) electrons. The molecule has 2 aromatic carbocycles. The Labute approximate surface area is 129 Å². The molecule has 2 N–H and O–H groups in total. The van der Waals surface area contributed by atoms with Gasteiger partial charge >= 0.3 is 0 Å². The molecule has 1 atom stereocenters. The van der Waals surface area contributed by atoms with Gasteiger partial charge in [0.05, 0.1) is 11.6 Å². The monoisotopic (exact) mass is 333 g/mol. The number of rotatable bonds is 4. The zero-order valence-electron chi connectivity index (χ0n) is 12.1. The minimum atomic E-state index is -0.387. The van der Waals surface area contributed by atoms with Gasteiger partial charge in [-0.25, -0.2) is 0 Å². The molecule has 0 fully saturated rings. The molecule has 2 nitrogen and oxygen atoms in total. The Balaban J connectivity index is 2.23. The van der Waals surface area contributed by atoms with Crippen LogP contribution < -0.4 is 10.5 Å². The smallest absolute Gasteiger partial charge is 0.133 e. The second-order valence-electron chi connectivity index (χ2n) is 5.43. The van der Waals surface area contributed by atoms with Crippen LogP contribution in [-0.2, 0) is 12.0 Å². The van der Waals surface area contributed by atoms with E-state index < -0.39 is 0 Å². The van der Waals surface area contributed by atoms with Gasteiger partial charge in [0.2, 0.25) is 0 Å². The van der Waals surface area contributed by atoms with E-state index >= 15 is 0 Å². The van der Waals surface area contributed by atoms with Gasteiger partial charge < -0.3 is 10.5 Å². The van der Waals surface area contributed by atoms with Gasteiger partial charge in [-0.2, -0.15) is 0 Å². The van der Waals surface area contributed by atoms with Crippen LogP contribution in [0.25, 0.3) is 0 Å². The van der Waals surface area contributed by atoms with Gasteiger partial charge in [0.25, 0.3) is 0 Å². The van der Waals surface area contributed by atoms with Crippen molar-refractivity contribution in [3.8, 4) is 5.75 Å². The van der Waals surface area contributed by atoms with Crippen molar-refractivity contribution in [1.82, 2.24) is 0 Å². The van der Waals surface area contributed by atoms with Crippen molar-refractivity contribution in [3.05, 3.63) is 63.6 Å². The minimum Gasteiger partial charge on any atom is -0.496 e. The lowest BCUT2D eigenvalue weighted by atomic mass is 9.86. The van der Waals surface area contributed by atoms with Gasteiger partial charge in [-0.1, -0.05) is 35.9 Å². The summed E-state index contributed by atoms with van der Waals surface area (Å²) in [5.74, 6) is 0.836. The molecule has 0 amide bonds. The van der Waals surface area contributed by atoms with Crippen molar-refractivity contribution in [2.45, 2.75) is 25.8 Å². The van der Waals surface area contributed by atoms with Gasteiger partial charge in [0.1, 0.15) is 5.75 Å². The highest BCUT2D eigenvalue weighted by Crippen LogP contribution is 2.29. The van der Waals surface area contributed by atoms with Crippen LogP contribution in [0.2, 0.25) is 0 Å². The van der Waals surface area contributed by atoms with Crippen LogP contribution in [0.1, 0.15) is 23.6 Å². The van der Waals surface area contributed by atoms with E-state index in [2.05, 4.69) is 66.2 Å². The maximum absolute atomic E-state index is 6.49. The average molecular weight is 334 g/mol. The van der Waals surface area contributed by atoms with Crippen molar-refractivity contribution < 1.29 is 4.74 Å². The predicted molar refractivity (Wildman–Crippen MR) is 87.1 cm³/mol. The molecule has 0 aliphatic carbocycles. The third kappa shape index (κ3) is 3.41. The van der Waals surface area contributed by atoms with E-state index in [4.69, 9.17) is 10.5 Å². The zero-order valence-corrected chi connectivity index (χ0v) is 13.7. The first-order valence-electron chi connectivity index (χ1n) is 6.61. The highest BCUT2D eigenvalue weighted by Gasteiger charge is 2.21. The summed E-state index contributed by atoms with van der Waals surface area (Å²) in [6.07, 6.45) is 0.776. The lowest BCUT2D eigenvalue weighted by Gasteiger charge is -2.26. The minimum absolute atomic E-state index is 0.387. The van der Waals surface area contributed by atoms with E-state index in [-0.39, 0.29) is 5.54 Å². The van der Waals surface area contributed by atoms with Crippen molar-refractivity contribution >= 4 is 15.9 Å². The number of halogens is 1. The van der Waals surface area contributed by atoms with Crippen molar-refractivity contribution in [2.75, 3.05) is 7.11 Å². The highest BCUT2D eigenvalue weighted by molar-refractivity contribution is 9.10. The number of hydrogen-bond donors (Lipinski definition) is 1. The van der Waals surface area contributed by atoms with Gasteiger partial charge in [0, 0.05) is 5.54 Å². The molecule has 0 heterocycles. The summed E-state index contributed by atoms with van der Waals surface area (Å²) in [4.78, 5) is 0. The van der Waals surface area contributed by atoms with Gasteiger partial charge in [-0.3, -0.25) is 0 Å². The maximum atomic E-state index is 6.49. The predicted octanol–water partition coefficient (Wildman–Crippen LogP) is 4.18. The van der Waals surface area contributed by atoms with Crippen LogP contribution in [0.5, 0.6) is 5.75 Å². The average Bonchev–Trinajstić information content (AvgIpc) is 2.39. The Bertz CT molecular complexity index is 590. The zero-order chi connectivity index (χ0) is 14.8. The first-order chi connectivity index (χ1) is 9.42. The molecule has 1 unspecified atom stereocenters. The Morgan fingerprint density at radius 2 is 1.80 bits per heavy atom. The van der Waals surface area contributed by atoms with E-state index in [0.717, 1.165) is 22.2 Å². The van der Waals surface area contributed by atoms with E-state index in [1.54, 1.807) is 7.11 Å². The topological polar surface area (TPSA) is 35.2 Å². The van der Waals surface area contributed by atoms with Crippen LogP contribution in [-0.4, -0.2) is 7.11 Å². The Morgan fingerprint density at radius 1 is 1.15 bits per heavy atom. The number of methoxy groups -OCH3 is 1. The molecule has 3 heteroatoms. The van der Waals surface area contributed by atoms with E-state index in [1.165, 1.54) is 11.1 Å². The fraction of sp³-hybridized carbons (Fsp3) is 0.294. The summed E-state index contributed by atoms with van der Waals surface area (Å²) in [7, 11) is 1.67. The summed E-state index contributed by atoms with van der Waals surface area (Å²) in [5, 5.41) is 0. The number of hydrogen-bond acceptors (Lipinski definition) is 2. The molecule has 0 saturated carbocycles. The molecule has 0 aliphatic heterocycles. The Kier molecular flexibility index (Phi) is 4.51. The summed E-state index contributed by atoms with van der Waals surface area (Å²) < 4.78 is 6.21. The molecule has 2 aromatic rings. The number of ether oxygens (including phenoxy) is 1. The lowest BCUT2D eigenvalue weighted by molar-refractivity contribution is 0.411. The molecule has 0 spiro atoms. The van der Waals surface area contributed by atoms with Gasteiger partial charge in [0.15, 0.2) is 0 Å². The fourth-order valence-electron chi connectivity index (χ4n) is 2.28. The number of aryl methyl sites for hydroxylation is 1. The van der Waals surface area contributed by atoms with E-state index in [1.807, 2.05) is 6.07 Å². The number of nitrogens with two attached hydrogens (primary N) is 1. The molecule has 106 valence electrons. The first kappa shape index (κ1) is 15.1. The second-order valence-corrected chi connectivity index (χ2v) is 6.28. The second kappa shape index (κ2) is 5.98. The van der Waals surface area contributed by atoms with E-state index in [9.17, 15) is 0 Å². The van der Waals surface area contributed by atoms with Gasteiger partial charge in [-0.05, 0) is 59.5 Å². The molecular weight excluding hydrogens is 314 g/mol. The maximum Gasteiger partial charge on any atom is 0.133 e. The summed E-state index contributed by atoms with van der Waals surface area (Å²) in [6, 6.07) is 14.5. The first-order valence-corrected chi connectivity index (χ1v) is 7.40. The molecule has 0 bridgehead atoms. The SMILES string of the molecule is COc1ccc(CC(C)(N)c2ccc(C)cc2)cc1Br. The van der Waals surface area contributed by atoms with Crippen molar-refractivity contribution in [3.63, 3.8) is 0 Å². The highest BCUT2D eigenvalue weighted by atomic mass is 79.9. The molecule has 2 rings (SSSR count).